The van der Waals surface area contributed by atoms with E-state index in [1.807, 2.05) is 19.4 Å². The Bertz CT molecular complexity index is 711. The van der Waals surface area contributed by atoms with Crippen LogP contribution in [0.5, 0.6) is 0 Å². The summed E-state index contributed by atoms with van der Waals surface area (Å²) in [6.45, 7) is 4.74. The van der Waals surface area contributed by atoms with Crippen LogP contribution in [-0.4, -0.2) is 60.8 Å². The molecule has 1 N–H and O–H groups in total. The first-order chi connectivity index (χ1) is 12.8. The monoisotopic (exact) mass is 485 g/mol. The zero-order valence-corrected chi connectivity index (χ0v) is 18.8. The quantitative estimate of drug-likeness (QED) is 0.283. The van der Waals surface area contributed by atoms with Crippen LogP contribution >= 0.6 is 24.0 Å². The Labute approximate surface area is 179 Å². The van der Waals surface area contributed by atoms with Gasteiger partial charge in [0.2, 0.25) is 0 Å². The molecule has 0 aliphatic carbocycles. The van der Waals surface area contributed by atoms with Crippen molar-refractivity contribution in [3.05, 3.63) is 30.6 Å². The molecule has 1 aliphatic rings. The molecule has 0 amide bonds. The predicted molar refractivity (Wildman–Crippen MR) is 122 cm³/mol. The van der Waals surface area contributed by atoms with Crippen LogP contribution in [0, 0.1) is 5.92 Å². The van der Waals surface area contributed by atoms with Crippen molar-refractivity contribution in [3.8, 4) is 0 Å². The van der Waals surface area contributed by atoms with E-state index in [0.29, 0.717) is 0 Å². The molecule has 1 aliphatic heterocycles. The normalized spacial score (nSPS) is 15.6. The molecule has 1 fully saturated rings. The number of rotatable bonds is 7. The second-order valence-electron chi connectivity index (χ2n) is 7.02. The number of para-hydroxylation sites is 2. The molecule has 0 radical (unpaired) electrons. The highest BCUT2D eigenvalue weighted by Gasteiger charge is 2.15. The molecule has 0 spiro atoms. The Morgan fingerprint density at radius 2 is 2.11 bits per heavy atom. The van der Waals surface area contributed by atoms with Crippen molar-refractivity contribution in [1.29, 1.82) is 0 Å². The zero-order chi connectivity index (χ0) is 18.2. The van der Waals surface area contributed by atoms with Gasteiger partial charge in [-0.05, 0) is 43.7 Å². The van der Waals surface area contributed by atoms with Gasteiger partial charge in [0.1, 0.15) is 0 Å². The fourth-order valence-corrected chi connectivity index (χ4v) is 3.54. The van der Waals surface area contributed by atoms with Gasteiger partial charge in [-0.15, -0.1) is 24.0 Å². The molecular formula is C20H32IN5O. The molecule has 2 heterocycles. The maximum atomic E-state index is 5.44. The molecule has 7 heteroatoms. The van der Waals surface area contributed by atoms with Gasteiger partial charge < -0.3 is 19.5 Å². The first kappa shape index (κ1) is 21.9. The van der Waals surface area contributed by atoms with Gasteiger partial charge in [-0.25, -0.2) is 4.98 Å². The van der Waals surface area contributed by atoms with E-state index in [4.69, 9.17) is 4.74 Å². The second kappa shape index (κ2) is 11.5. The Hall–Kier alpha value is -1.35. The van der Waals surface area contributed by atoms with E-state index in [1.54, 1.807) is 0 Å². The summed E-state index contributed by atoms with van der Waals surface area (Å²) >= 11 is 0. The highest BCUT2D eigenvalue weighted by Crippen LogP contribution is 2.18. The second-order valence-corrected chi connectivity index (χ2v) is 7.02. The fraction of sp³-hybridized carbons (Fsp3) is 0.600. The lowest BCUT2D eigenvalue weighted by Gasteiger charge is -2.26. The number of aliphatic imine (C=N–C) groups is 1. The molecule has 1 aromatic carbocycles. The minimum absolute atomic E-state index is 0. The minimum Gasteiger partial charge on any atom is -0.381 e. The maximum Gasteiger partial charge on any atom is 0.193 e. The van der Waals surface area contributed by atoms with E-state index in [2.05, 4.69) is 50.0 Å². The van der Waals surface area contributed by atoms with Crippen molar-refractivity contribution in [2.75, 3.05) is 40.4 Å². The van der Waals surface area contributed by atoms with Gasteiger partial charge in [0.05, 0.1) is 17.4 Å². The molecule has 27 heavy (non-hydrogen) atoms. The van der Waals surface area contributed by atoms with Crippen molar-refractivity contribution in [1.82, 2.24) is 19.8 Å². The van der Waals surface area contributed by atoms with Crippen LogP contribution in [0.25, 0.3) is 11.0 Å². The third kappa shape index (κ3) is 6.34. The van der Waals surface area contributed by atoms with Crippen LogP contribution in [0.4, 0.5) is 0 Å². The lowest BCUT2D eigenvalue weighted by atomic mass is 9.96. The lowest BCUT2D eigenvalue weighted by Crippen LogP contribution is -2.40. The standard InChI is InChI=1S/C20H31N5O.HI/c1-21-20(24(2)13-8-17-9-14-26-15-10-17)22-11-5-12-25-16-23-18-6-3-4-7-19(18)25;/h3-4,6-7,16-17H,5,8-15H2,1-2H3,(H,21,22);1H. The summed E-state index contributed by atoms with van der Waals surface area (Å²) in [5.74, 6) is 1.77. The van der Waals surface area contributed by atoms with Gasteiger partial charge in [0.25, 0.3) is 0 Å². The SMILES string of the molecule is CN=C(NCCCn1cnc2ccccc21)N(C)CCC1CCOCC1.I. The van der Waals surface area contributed by atoms with Crippen molar-refractivity contribution in [3.63, 3.8) is 0 Å². The van der Waals surface area contributed by atoms with Crippen molar-refractivity contribution >= 4 is 41.0 Å². The van der Waals surface area contributed by atoms with Crippen molar-refractivity contribution in [2.24, 2.45) is 10.9 Å². The van der Waals surface area contributed by atoms with Crippen LogP contribution in [0.2, 0.25) is 0 Å². The molecular weight excluding hydrogens is 453 g/mol. The highest BCUT2D eigenvalue weighted by molar-refractivity contribution is 14.0. The third-order valence-corrected chi connectivity index (χ3v) is 5.17. The van der Waals surface area contributed by atoms with Gasteiger partial charge in [-0.3, -0.25) is 4.99 Å². The molecule has 0 atom stereocenters. The lowest BCUT2D eigenvalue weighted by molar-refractivity contribution is 0.0625. The topological polar surface area (TPSA) is 54.7 Å². The number of ether oxygens (including phenoxy) is 1. The minimum atomic E-state index is 0. The van der Waals surface area contributed by atoms with E-state index in [9.17, 15) is 0 Å². The summed E-state index contributed by atoms with van der Waals surface area (Å²) in [6.07, 6.45) is 6.56. The number of halogens is 1. The molecule has 2 aromatic rings. The van der Waals surface area contributed by atoms with Gasteiger partial charge in [0.15, 0.2) is 5.96 Å². The number of fused-ring (bicyclic) bond motifs is 1. The van der Waals surface area contributed by atoms with Crippen LogP contribution in [0.15, 0.2) is 35.6 Å². The average Bonchev–Trinajstić information content (AvgIpc) is 3.10. The van der Waals surface area contributed by atoms with E-state index >= 15 is 0 Å². The molecule has 6 nitrogen and oxygen atoms in total. The molecule has 3 rings (SSSR count). The maximum absolute atomic E-state index is 5.44. The molecule has 1 saturated heterocycles. The van der Waals surface area contributed by atoms with E-state index in [0.717, 1.165) is 56.7 Å². The van der Waals surface area contributed by atoms with Gasteiger partial charge >= 0.3 is 0 Å². The van der Waals surface area contributed by atoms with Crippen molar-refractivity contribution < 1.29 is 4.74 Å². The number of imidazole rings is 1. The van der Waals surface area contributed by atoms with Gasteiger partial charge in [-0.1, -0.05) is 12.1 Å². The molecule has 0 unspecified atom stereocenters. The summed E-state index contributed by atoms with van der Waals surface area (Å²) in [4.78, 5) is 11.1. The number of hydrogen-bond acceptors (Lipinski definition) is 3. The van der Waals surface area contributed by atoms with Gasteiger partial charge in [0, 0.05) is 46.9 Å². The van der Waals surface area contributed by atoms with Gasteiger partial charge in [-0.2, -0.15) is 0 Å². The van der Waals surface area contributed by atoms with Crippen LogP contribution in [0.1, 0.15) is 25.7 Å². The Morgan fingerprint density at radius 1 is 1.33 bits per heavy atom. The Morgan fingerprint density at radius 3 is 2.89 bits per heavy atom. The molecule has 1 aromatic heterocycles. The van der Waals surface area contributed by atoms with Crippen molar-refractivity contribution in [2.45, 2.75) is 32.2 Å². The van der Waals surface area contributed by atoms with Crippen LogP contribution in [0.3, 0.4) is 0 Å². The van der Waals surface area contributed by atoms with E-state index in [1.165, 1.54) is 24.8 Å². The largest absolute Gasteiger partial charge is 0.381 e. The number of guanidine groups is 1. The number of aryl methyl sites for hydroxylation is 1. The Balaban J connectivity index is 0.00000261. The summed E-state index contributed by atoms with van der Waals surface area (Å²) < 4.78 is 7.66. The number of benzene rings is 1. The molecule has 150 valence electrons. The van der Waals surface area contributed by atoms with Crippen LogP contribution < -0.4 is 5.32 Å². The summed E-state index contributed by atoms with van der Waals surface area (Å²) in [6, 6.07) is 8.27. The smallest absolute Gasteiger partial charge is 0.193 e. The fourth-order valence-electron chi connectivity index (χ4n) is 3.54. The predicted octanol–water partition coefficient (Wildman–Crippen LogP) is 3.37. The van der Waals surface area contributed by atoms with Crippen LogP contribution in [-0.2, 0) is 11.3 Å². The number of nitrogens with one attached hydrogen (secondary N) is 1. The number of aromatic nitrogens is 2. The number of hydrogen-bond donors (Lipinski definition) is 1. The third-order valence-electron chi connectivity index (χ3n) is 5.17. The first-order valence-corrected chi connectivity index (χ1v) is 9.67. The van der Waals surface area contributed by atoms with E-state index < -0.39 is 0 Å². The Kier molecular flexibility index (Phi) is 9.33. The molecule has 0 bridgehead atoms. The highest BCUT2D eigenvalue weighted by atomic mass is 127. The average molecular weight is 485 g/mol. The summed E-state index contributed by atoms with van der Waals surface area (Å²) in [7, 11) is 3.98. The number of nitrogens with zero attached hydrogens (tertiary/aromatic N) is 4. The summed E-state index contributed by atoms with van der Waals surface area (Å²) in [5, 5.41) is 3.48. The first-order valence-electron chi connectivity index (χ1n) is 9.67. The molecule has 0 saturated carbocycles. The summed E-state index contributed by atoms with van der Waals surface area (Å²) in [5.41, 5.74) is 2.26. The zero-order valence-electron chi connectivity index (χ0n) is 16.4. The van der Waals surface area contributed by atoms with E-state index in [-0.39, 0.29) is 24.0 Å².